The molecule has 1 saturated heterocycles. The van der Waals surface area contributed by atoms with Crippen molar-refractivity contribution in [3.63, 3.8) is 0 Å². The average Bonchev–Trinajstić information content (AvgIpc) is 3.99. The average molecular weight is 888 g/mol. The maximum atomic E-state index is 14.4. The molecule has 0 spiro atoms. The maximum Gasteiger partial charge on any atom is 0.321 e. The van der Waals surface area contributed by atoms with Gasteiger partial charge in [-0.3, -0.25) is 14.4 Å². The number of ether oxygens (including phenoxy) is 2. The van der Waals surface area contributed by atoms with Crippen molar-refractivity contribution in [1.82, 2.24) is 20.0 Å². The van der Waals surface area contributed by atoms with Crippen molar-refractivity contribution in [3.8, 4) is 0 Å². The largest absolute Gasteiger partial charge is 0.805 e. The number of carbonyl (C=O) groups is 3. The Morgan fingerprint density at radius 1 is 0.892 bits per heavy atom. The normalized spacial score (nSPS) is 21.8. The Hall–Kier alpha value is -5.25. The lowest BCUT2D eigenvalue weighted by Crippen LogP contribution is -2.25. The molecule has 2 aliphatic heterocycles. The van der Waals surface area contributed by atoms with Crippen LogP contribution >= 0.6 is 0 Å². The number of carbonyl (C=O) groups excluding carboxylic acids is 3. The zero-order chi connectivity index (χ0) is 47.3. The van der Waals surface area contributed by atoms with E-state index >= 15 is 0 Å². The molecular formula is C55H75N4O6-. The molecule has 0 saturated carbocycles. The number of nitrogens with one attached hydrogen (secondary N) is 3. The van der Waals surface area contributed by atoms with Crippen LogP contribution in [0.5, 0.6) is 0 Å². The van der Waals surface area contributed by atoms with Crippen molar-refractivity contribution in [2.24, 2.45) is 35.5 Å². The summed E-state index contributed by atoms with van der Waals surface area (Å²) < 4.78 is 12.0. The number of hydrogen-bond acceptors (Lipinski definition) is 7. The van der Waals surface area contributed by atoms with Crippen LogP contribution in [0.1, 0.15) is 180 Å². The highest BCUT2D eigenvalue weighted by Gasteiger charge is 2.48. The third-order valence-corrected chi connectivity index (χ3v) is 14.7. The van der Waals surface area contributed by atoms with Crippen molar-refractivity contribution in [1.29, 1.82) is 0 Å². The number of allylic oxidation sites excluding steroid dienone is 3. The standard InChI is InChI=1S/C55H75N4O6/c1-13-39-35(8)43-30-47-40(14-2)37(10)46(59(47)63)29-44-36(9)41(52(57-44)50-51(55(62)64-12)54(61)49-38(11)42(58-53(49)50)28-45(39)56-43)24-25-48(60)65-27-26-34(7)23-17-22-33(6)21-16-20-32(5)19-15-18-31(3)4/h14,26,28-33,36,41,51,56-58H,2,13,15-25,27H2,1,3-12H3/q-1/b34-26+,43-30-,44-29-,45-28-,52-50-/t32-,33-,36+,41+,51-/m1/s1. The van der Waals surface area contributed by atoms with Gasteiger partial charge in [-0.05, 0) is 118 Å². The third-order valence-electron chi connectivity index (χ3n) is 14.7. The second kappa shape index (κ2) is 21.4. The number of esters is 2. The lowest BCUT2D eigenvalue weighted by molar-refractivity contribution is -0.143. The molecule has 0 radical (unpaired) electrons. The molecule has 0 unspecified atom stereocenters. The monoisotopic (exact) mass is 888 g/mol. The summed E-state index contributed by atoms with van der Waals surface area (Å²) in [4.78, 5) is 48.6. The first-order chi connectivity index (χ1) is 31.0. The summed E-state index contributed by atoms with van der Waals surface area (Å²) in [5.41, 5.74) is 10.2. The minimum absolute atomic E-state index is 0.124. The van der Waals surface area contributed by atoms with Gasteiger partial charge in [0.25, 0.3) is 0 Å². The highest BCUT2D eigenvalue weighted by molar-refractivity contribution is 6.24. The van der Waals surface area contributed by atoms with E-state index in [4.69, 9.17) is 9.47 Å². The lowest BCUT2D eigenvalue weighted by Gasteiger charge is -2.19. The van der Waals surface area contributed by atoms with E-state index in [1.54, 1.807) is 6.08 Å². The molecule has 3 aromatic heterocycles. The van der Waals surface area contributed by atoms with Crippen LogP contribution in [-0.2, 0) is 25.5 Å². The molecule has 10 heteroatoms. The summed E-state index contributed by atoms with van der Waals surface area (Å²) in [7, 11) is 1.29. The molecule has 0 aromatic carbocycles. The Labute approximate surface area is 387 Å². The number of H-pyrrole nitrogens is 2. The number of ketones is 1. The molecular weight excluding hydrogens is 813 g/mol. The Kier molecular flexibility index (Phi) is 16.2. The van der Waals surface area contributed by atoms with Crippen LogP contribution in [0.3, 0.4) is 0 Å². The van der Waals surface area contributed by atoms with E-state index in [-0.39, 0.29) is 36.6 Å². The van der Waals surface area contributed by atoms with E-state index in [0.29, 0.717) is 46.3 Å². The Bertz CT molecular complexity index is 2500. The molecule has 3 N–H and O–H groups in total. The summed E-state index contributed by atoms with van der Waals surface area (Å²) in [6, 6.07) is 0. The molecule has 0 amide bonds. The molecule has 3 aliphatic rings. The minimum Gasteiger partial charge on any atom is -0.805 e. The number of methoxy groups -OCH3 is 1. The molecule has 1 aliphatic carbocycles. The smallest absolute Gasteiger partial charge is 0.321 e. The van der Waals surface area contributed by atoms with Crippen LogP contribution in [-0.4, -0.2) is 46.1 Å². The lowest BCUT2D eigenvalue weighted by atomic mass is 9.85. The van der Waals surface area contributed by atoms with Crippen LogP contribution in [0.2, 0.25) is 0 Å². The van der Waals surface area contributed by atoms with Crippen LogP contribution < -0.4 is 16.0 Å². The summed E-state index contributed by atoms with van der Waals surface area (Å²) in [5.74, 6) is -0.751. The van der Waals surface area contributed by atoms with E-state index in [1.807, 2.05) is 52.0 Å². The van der Waals surface area contributed by atoms with Gasteiger partial charge in [0.15, 0.2) is 5.78 Å². The number of Topliss-reactive ketones (excluding diaryl/α,β-unsaturated/α-hetero) is 1. The van der Waals surface area contributed by atoms with Gasteiger partial charge in [-0.25, -0.2) is 0 Å². The quantitative estimate of drug-likeness (QED) is 0.0583. The number of hydrogen-bond donors (Lipinski definition) is 3. The van der Waals surface area contributed by atoms with Crippen LogP contribution in [0.25, 0.3) is 29.9 Å². The molecule has 8 bridgehead atoms. The van der Waals surface area contributed by atoms with Gasteiger partial charge in [-0.1, -0.05) is 105 Å². The molecule has 3 aromatic rings. The van der Waals surface area contributed by atoms with Crippen molar-refractivity contribution in [2.45, 2.75) is 146 Å². The molecule has 5 atom stereocenters. The number of fused-ring (bicyclic) bond motifs is 7. The maximum absolute atomic E-state index is 14.4. The van der Waals surface area contributed by atoms with Gasteiger partial charge in [0.2, 0.25) is 0 Å². The van der Waals surface area contributed by atoms with Gasteiger partial charge in [0.1, 0.15) is 12.5 Å². The highest BCUT2D eigenvalue weighted by atomic mass is 16.5. The minimum atomic E-state index is -1.20. The molecule has 65 heavy (non-hydrogen) atoms. The number of nitrogens with zero attached hydrogens (tertiary/aromatic N) is 1. The van der Waals surface area contributed by atoms with Crippen LogP contribution in [0.4, 0.5) is 0 Å². The fourth-order valence-corrected chi connectivity index (χ4v) is 10.5. The first-order valence-electron chi connectivity index (χ1n) is 24.4. The molecule has 1 fully saturated rings. The number of aromatic nitrogens is 3. The van der Waals surface area contributed by atoms with Gasteiger partial charge in [0.05, 0.1) is 12.8 Å². The SMILES string of the molecule is C=Cc1c(C)c2n([O-])c1/C=c1\[nH]/c(c(CC)c1C)=C\c1[nH]c3c(c1C)C(=O)[C@H](C(=O)OC)/C3=C1/N/C(=C\2)[C@@H](C)[C@@H]1CCC(=O)OC/C=C(\C)CCC[C@H](C)CCC[C@H](C)CCCC(C)C. The zero-order valence-electron chi connectivity index (χ0n) is 41.1. The molecule has 352 valence electrons. The highest BCUT2D eigenvalue weighted by Crippen LogP contribution is 2.48. The van der Waals surface area contributed by atoms with Crippen LogP contribution in [0.15, 0.2) is 29.6 Å². The van der Waals surface area contributed by atoms with E-state index in [1.165, 1.54) is 57.6 Å². The van der Waals surface area contributed by atoms with E-state index in [0.717, 1.165) is 85.7 Å². The van der Waals surface area contributed by atoms with E-state index < -0.39 is 11.9 Å². The third kappa shape index (κ3) is 10.6. The fraction of sp³-hybridized carbons (Fsp3) is 0.545. The Morgan fingerprint density at radius 2 is 1.57 bits per heavy atom. The van der Waals surface area contributed by atoms with Gasteiger partial charge in [0, 0.05) is 74.1 Å². The van der Waals surface area contributed by atoms with E-state index in [9.17, 15) is 19.6 Å². The van der Waals surface area contributed by atoms with Crippen molar-refractivity contribution < 1.29 is 23.9 Å². The molecule has 5 heterocycles. The van der Waals surface area contributed by atoms with Gasteiger partial charge >= 0.3 is 11.9 Å². The Morgan fingerprint density at radius 3 is 2.22 bits per heavy atom. The predicted molar refractivity (Wildman–Crippen MR) is 264 cm³/mol. The van der Waals surface area contributed by atoms with Crippen molar-refractivity contribution in [2.75, 3.05) is 13.7 Å². The molecule has 10 nitrogen and oxygen atoms in total. The first-order valence-corrected chi connectivity index (χ1v) is 24.4. The first kappa shape index (κ1) is 49.2. The van der Waals surface area contributed by atoms with Crippen LogP contribution in [0, 0.1) is 61.5 Å². The van der Waals surface area contributed by atoms with Crippen molar-refractivity contribution >= 4 is 47.6 Å². The molecule has 6 rings (SSSR count). The summed E-state index contributed by atoms with van der Waals surface area (Å²) in [5, 5.41) is 19.6. The van der Waals surface area contributed by atoms with Gasteiger partial charge in [-0.15, -0.1) is 0 Å². The second-order valence-corrected chi connectivity index (χ2v) is 19.8. The topological polar surface area (TPSA) is 141 Å². The van der Waals surface area contributed by atoms with Gasteiger partial charge < -0.3 is 34.7 Å². The summed E-state index contributed by atoms with van der Waals surface area (Å²) in [6.07, 6.45) is 22.0. The van der Waals surface area contributed by atoms with Gasteiger partial charge in [-0.2, -0.15) is 0 Å². The number of aromatic amines is 2. The summed E-state index contributed by atoms with van der Waals surface area (Å²) in [6.45, 7) is 25.8. The second-order valence-electron chi connectivity index (χ2n) is 19.8. The van der Waals surface area contributed by atoms with Crippen molar-refractivity contribution in [3.05, 3.63) is 102 Å². The fourth-order valence-electron chi connectivity index (χ4n) is 10.5. The Balaban J connectivity index is 1.23. The van der Waals surface area contributed by atoms with E-state index in [2.05, 4.69) is 63.4 Å². The number of rotatable bonds is 20. The zero-order valence-corrected chi connectivity index (χ0v) is 41.1. The summed E-state index contributed by atoms with van der Waals surface area (Å²) >= 11 is 0. The predicted octanol–water partition coefficient (Wildman–Crippen LogP) is 10.9.